The smallest absolute Gasteiger partial charge is 0.449 e. The maximum Gasteiger partial charge on any atom is 0.449 e. The first-order valence-corrected chi connectivity index (χ1v) is 13.7. The van der Waals surface area contributed by atoms with E-state index >= 15 is 0 Å². The third-order valence-electron chi connectivity index (χ3n) is 7.81. The Kier molecular flexibility index (Phi) is 8.03. The van der Waals surface area contributed by atoms with Gasteiger partial charge in [-0.05, 0) is 66.8 Å². The maximum absolute atomic E-state index is 13.2. The molecular weight excluding hydrogens is 557 g/mol. The van der Waals surface area contributed by atoms with Crippen molar-refractivity contribution in [2.24, 2.45) is 0 Å². The first kappa shape index (κ1) is 29.8. The molecule has 9 heteroatoms. The van der Waals surface area contributed by atoms with Crippen LogP contribution in [0.25, 0.3) is 22.0 Å². The van der Waals surface area contributed by atoms with Gasteiger partial charge < -0.3 is 14.5 Å². The molecule has 222 valence electrons. The Morgan fingerprint density at radius 2 is 1.60 bits per heavy atom. The highest BCUT2D eigenvalue weighted by molar-refractivity contribution is 5.83. The predicted octanol–water partition coefficient (Wildman–Crippen LogP) is 7.68. The number of halogens is 3. The lowest BCUT2D eigenvalue weighted by atomic mass is 9.83. The van der Waals surface area contributed by atoms with Gasteiger partial charge in [0.25, 0.3) is 5.56 Å². The Bertz CT molecular complexity index is 1840. The van der Waals surface area contributed by atoms with Crippen LogP contribution in [0.1, 0.15) is 47.6 Å². The Morgan fingerprint density at radius 3 is 2.28 bits per heavy atom. The fourth-order valence-corrected chi connectivity index (χ4v) is 5.11. The molecule has 0 aliphatic carbocycles. The summed E-state index contributed by atoms with van der Waals surface area (Å²) in [5.74, 6) is -1.81. The van der Waals surface area contributed by atoms with Crippen molar-refractivity contribution in [2.45, 2.75) is 52.0 Å². The monoisotopic (exact) mass is 588 g/mol. The number of carboxylic acids is 1. The van der Waals surface area contributed by atoms with Crippen LogP contribution in [-0.4, -0.2) is 21.0 Å². The van der Waals surface area contributed by atoms with E-state index in [2.05, 4.69) is 4.98 Å². The van der Waals surface area contributed by atoms with Crippen molar-refractivity contribution in [1.82, 2.24) is 9.88 Å². The number of H-pyrrole nitrogens is 1. The number of furan rings is 1. The molecule has 2 N–H and O–H groups in total. The molecule has 0 aliphatic rings. The van der Waals surface area contributed by atoms with E-state index in [0.29, 0.717) is 29.7 Å². The standard InChI is InChI=1S/C34H31F3N2O4/c1-21-28(27-9-4-5-10-29(27)38-31(21)40)20-39(19-26-15-16-30(43-26)34(35,36)37)18-22-11-13-23(14-12-22)24-7-6-8-25(17-24)33(2,3)32(41)42/h4-17H,18-20H2,1-3H3,(H,38,40)(H,41,42). The largest absolute Gasteiger partial charge is 0.481 e. The molecular formula is C34H31F3N2O4. The summed E-state index contributed by atoms with van der Waals surface area (Å²) in [4.78, 5) is 29.3. The molecule has 0 amide bonds. The van der Waals surface area contributed by atoms with Gasteiger partial charge in [0.15, 0.2) is 0 Å². The number of aromatic nitrogens is 1. The number of aliphatic carboxylic acids is 1. The predicted molar refractivity (Wildman–Crippen MR) is 159 cm³/mol. The van der Waals surface area contributed by atoms with Crippen LogP contribution >= 0.6 is 0 Å². The molecule has 0 fully saturated rings. The number of aromatic amines is 1. The van der Waals surface area contributed by atoms with Crippen molar-refractivity contribution in [3.05, 3.63) is 129 Å². The molecule has 6 nitrogen and oxygen atoms in total. The average Bonchev–Trinajstić information content (AvgIpc) is 3.45. The molecule has 0 saturated heterocycles. The van der Waals surface area contributed by atoms with Crippen LogP contribution in [0.3, 0.4) is 0 Å². The van der Waals surface area contributed by atoms with Gasteiger partial charge in [-0.15, -0.1) is 0 Å². The summed E-state index contributed by atoms with van der Waals surface area (Å²) < 4.78 is 44.9. The van der Waals surface area contributed by atoms with E-state index in [1.807, 2.05) is 71.6 Å². The van der Waals surface area contributed by atoms with E-state index in [-0.39, 0.29) is 17.9 Å². The summed E-state index contributed by atoms with van der Waals surface area (Å²) in [6.07, 6.45) is -4.59. The quantitative estimate of drug-likeness (QED) is 0.184. The Morgan fingerprint density at radius 1 is 0.884 bits per heavy atom. The number of hydrogen-bond donors (Lipinski definition) is 2. The van der Waals surface area contributed by atoms with Crippen molar-refractivity contribution in [3.63, 3.8) is 0 Å². The van der Waals surface area contributed by atoms with Crippen LogP contribution in [0.5, 0.6) is 0 Å². The fourth-order valence-electron chi connectivity index (χ4n) is 5.11. The second kappa shape index (κ2) is 11.6. The number of carboxylic acid groups (broad SMARTS) is 1. The van der Waals surface area contributed by atoms with Gasteiger partial charge in [-0.3, -0.25) is 14.5 Å². The molecule has 0 bridgehead atoms. The Balaban J connectivity index is 1.46. The van der Waals surface area contributed by atoms with Gasteiger partial charge in [0, 0.05) is 29.6 Å². The maximum atomic E-state index is 13.2. The summed E-state index contributed by atoms with van der Waals surface area (Å²) in [6, 6.07) is 24.8. The fraction of sp³-hybridized carbons (Fsp3) is 0.235. The Labute approximate surface area is 246 Å². The number of rotatable bonds is 9. The molecule has 43 heavy (non-hydrogen) atoms. The van der Waals surface area contributed by atoms with Crippen molar-refractivity contribution >= 4 is 16.9 Å². The van der Waals surface area contributed by atoms with Crippen LogP contribution in [-0.2, 0) is 36.0 Å². The topological polar surface area (TPSA) is 86.5 Å². The highest BCUT2D eigenvalue weighted by Crippen LogP contribution is 2.32. The lowest BCUT2D eigenvalue weighted by molar-refractivity contribution is -0.153. The molecule has 5 aromatic rings. The van der Waals surface area contributed by atoms with E-state index < -0.39 is 23.3 Å². The minimum absolute atomic E-state index is 0.0880. The van der Waals surface area contributed by atoms with E-state index in [4.69, 9.17) is 4.42 Å². The molecule has 2 aromatic heterocycles. The highest BCUT2D eigenvalue weighted by Gasteiger charge is 2.35. The number of fused-ring (bicyclic) bond motifs is 1. The average molecular weight is 589 g/mol. The summed E-state index contributed by atoms with van der Waals surface area (Å²) in [6.45, 7) is 5.82. The normalized spacial score (nSPS) is 12.3. The molecule has 0 saturated carbocycles. The second-order valence-corrected chi connectivity index (χ2v) is 11.2. The molecule has 0 radical (unpaired) electrons. The molecule has 2 heterocycles. The van der Waals surface area contributed by atoms with Gasteiger partial charge in [-0.2, -0.15) is 13.2 Å². The van der Waals surface area contributed by atoms with Crippen molar-refractivity contribution in [1.29, 1.82) is 0 Å². The number of carbonyl (C=O) groups is 1. The van der Waals surface area contributed by atoms with Crippen LogP contribution in [0.2, 0.25) is 0 Å². The minimum atomic E-state index is -4.59. The first-order valence-electron chi connectivity index (χ1n) is 13.7. The van der Waals surface area contributed by atoms with Gasteiger partial charge in [-0.1, -0.05) is 66.7 Å². The SMILES string of the molecule is Cc1c(CN(Cc2ccc(-c3cccc(C(C)(C)C(=O)O)c3)cc2)Cc2ccc(C(F)(F)F)o2)c2ccccc2[nH]c1=O. The highest BCUT2D eigenvalue weighted by atomic mass is 19.4. The molecule has 0 aliphatic heterocycles. The Hall–Kier alpha value is -4.63. The van der Waals surface area contributed by atoms with Crippen LogP contribution in [0, 0.1) is 6.92 Å². The van der Waals surface area contributed by atoms with Crippen molar-refractivity contribution in [2.75, 3.05) is 0 Å². The van der Waals surface area contributed by atoms with E-state index in [1.54, 1.807) is 26.8 Å². The van der Waals surface area contributed by atoms with Crippen LogP contribution < -0.4 is 5.56 Å². The van der Waals surface area contributed by atoms with Gasteiger partial charge >= 0.3 is 12.1 Å². The molecule has 0 unspecified atom stereocenters. The minimum Gasteiger partial charge on any atom is -0.481 e. The zero-order valence-corrected chi connectivity index (χ0v) is 24.0. The number of hydrogen-bond acceptors (Lipinski definition) is 4. The summed E-state index contributed by atoms with van der Waals surface area (Å²) >= 11 is 0. The third kappa shape index (κ3) is 6.41. The van der Waals surface area contributed by atoms with Crippen LogP contribution in [0.4, 0.5) is 13.2 Å². The number of benzene rings is 3. The first-order chi connectivity index (χ1) is 20.3. The second-order valence-electron chi connectivity index (χ2n) is 11.2. The lowest BCUT2D eigenvalue weighted by Gasteiger charge is -2.24. The summed E-state index contributed by atoms with van der Waals surface area (Å²) in [5.41, 5.74) is 4.11. The van der Waals surface area contributed by atoms with Gasteiger partial charge in [0.05, 0.1) is 12.0 Å². The van der Waals surface area contributed by atoms with E-state index in [9.17, 15) is 27.9 Å². The molecule has 0 atom stereocenters. The number of nitrogens with one attached hydrogen (secondary N) is 1. The lowest BCUT2D eigenvalue weighted by Crippen LogP contribution is -2.28. The number of nitrogens with zero attached hydrogens (tertiary/aromatic N) is 1. The van der Waals surface area contributed by atoms with Gasteiger partial charge in [-0.25, -0.2) is 0 Å². The number of para-hydroxylation sites is 1. The van der Waals surface area contributed by atoms with Crippen molar-refractivity contribution < 1.29 is 27.5 Å². The zero-order chi connectivity index (χ0) is 30.9. The van der Waals surface area contributed by atoms with Crippen LogP contribution in [0.15, 0.2) is 94.1 Å². The van der Waals surface area contributed by atoms with E-state index in [0.717, 1.165) is 33.7 Å². The molecule has 3 aromatic carbocycles. The van der Waals surface area contributed by atoms with Gasteiger partial charge in [0.1, 0.15) is 5.76 Å². The number of alkyl halides is 3. The van der Waals surface area contributed by atoms with Gasteiger partial charge in [0.2, 0.25) is 5.76 Å². The van der Waals surface area contributed by atoms with Crippen molar-refractivity contribution in [3.8, 4) is 11.1 Å². The molecule has 0 spiro atoms. The molecule has 5 rings (SSSR count). The third-order valence-corrected chi connectivity index (χ3v) is 7.81. The summed E-state index contributed by atoms with van der Waals surface area (Å²) in [7, 11) is 0. The zero-order valence-electron chi connectivity index (χ0n) is 24.0. The summed E-state index contributed by atoms with van der Waals surface area (Å²) in [5, 5.41) is 10.5. The number of pyridine rings is 1. The van der Waals surface area contributed by atoms with E-state index in [1.165, 1.54) is 6.07 Å².